The van der Waals surface area contributed by atoms with Crippen LogP contribution in [0, 0.1) is 6.92 Å². The molecule has 33 heavy (non-hydrogen) atoms. The lowest BCUT2D eigenvalue weighted by Crippen LogP contribution is -2.10. The number of benzene rings is 3. The van der Waals surface area contributed by atoms with Crippen LogP contribution in [-0.4, -0.2) is 27.9 Å². The Morgan fingerprint density at radius 1 is 1.15 bits per heavy atom. The van der Waals surface area contributed by atoms with Crippen molar-refractivity contribution in [3.63, 3.8) is 0 Å². The second-order valence-corrected chi connectivity index (χ2v) is 8.59. The predicted octanol–water partition coefficient (Wildman–Crippen LogP) is 6.24. The van der Waals surface area contributed by atoms with Gasteiger partial charge in [0.05, 0.1) is 22.5 Å². The Bertz CT molecular complexity index is 1300. The number of nitrogens with zero attached hydrogens (tertiary/aromatic N) is 1. The van der Waals surface area contributed by atoms with Crippen LogP contribution in [0.5, 0.6) is 5.75 Å². The largest absolute Gasteiger partial charge is 0.482 e. The highest BCUT2D eigenvalue weighted by Gasteiger charge is 2.31. The Kier molecular flexibility index (Phi) is 6.33. The van der Waals surface area contributed by atoms with Crippen LogP contribution in [0.15, 0.2) is 71.8 Å². The zero-order chi connectivity index (χ0) is 23.6. The summed E-state index contributed by atoms with van der Waals surface area (Å²) >= 11 is 1.39. The Morgan fingerprint density at radius 3 is 2.67 bits per heavy atom. The van der Waals surface area contributed by atoms with E-state index in [4.69, 9.17) is 9.84 Å². The number of aromatic amines is 1. The smallest absolute Gasteiger partial charge is 0.416 e. The fourth-order valence-corrected chi connectivity index (χ4v) is 4.80. The maximum atomic E-state index is 13.4. The van der Waals surface area contributed by atoms with E-state index in [2.05, 4.69) is 10.2 Å². The summed E-state index contributed by atoms with van der Waals surface area (Å²) in [4.78, 5) is 11.6. The van der Waals surface area contributed by atoms with Crippen molar-refractivity contribution in [1.82, 2.24) is 10.2 Å². The van der Waals surface area contributed by atoms with E-state index < -0.39 is 29.6 Å². The van der Waals surface area contributed by atoms with Crippen molar-refractivity contribution in [3.8, 4) is 5.75 Å². The third-order valence-corrected chi connectivity index (χ3v) is 6.35. The van der Waals surface area contributed by atoms with Crippen LogP contribution in [0.3, 0.4) is 0 Å². The summed E-state index contributed by atoms with van der Waals surface area (Å²) in [6.07, 6.45) is -2.78. The van der Waals surface area contributed by atoms with Crippen LogP contribution < -0.4 is 4.74 Å². The molecule has 0 saturated heterocycles. The van der Waals surface area contributed by atoms with Gasteiger partial charge in [0.15, 0.2) is 6.61 Å². The van der Waals surface area contributed by atoms with E-state index in [0.29, 0.717) is 11.3 Å². The number of aliphatic carboxylic acids is 1. The van der Waals surface area contributed by atoms with Gasteiger partial charge >= 0.3 is 12.1 Å². The Morgan fingerprint density at radius 2 is 1.94 bits per heavy atom. The minimum Gasteiger partial charge on any atom is -0.482 e. The van der Waals surface area contributed by atoms with Gasteiger partial charge in [0.25, 0.3) is 0 Å². The lowest BCUT2D eigenvalue weighted by molar-refractivity contribution is -0.139. The molecule has 0 radical (unpaired) electrons. The van der Waals surface area contributed by atoms with E-state index in [0.717, 1.165) is 33.0 Å². The number of alkyl halides is 3. The second-order valence-electron chi connectivity index (χ2n) is 7.41. The first-order valence-electron chi connectivity index (χ1n) is 9.93. The molecule has 1 atom stereocenters. The highest BCUT2D eigenvalue weighted by Crippen LogP contribution is 2.44. The van der Waals surface area contributed by atoms with E-state index in [1.165, 1.54) is 23.9 Å². The number of aromatic nitrogens is 2. The summed E-state index contributed by atoms with van der Waals surface area (Å²) in [7, 11) is 0. The number of carbonyl (C=O) groups is 1. The molecule has 170 valence electrons. The topological polar surface area (TPSA) is 75.2 Å². The van der Waals surface area contributed by atoms with Gasteiger partial charge in [0.2, 0.25) is 0 Å². The Hall–Kier alpha value is -3.46. The lowest BCUT2D eigenvalue weighted by Gasteiger charge is -2.20. The molecule has 4 rings (SSSR count). The van der Waals surface area contributed by atoms with Crippen molar-refractivity contribution in [3.05, 3.63) is 89.1 Å². The first-order chi connectivity index (χ1) is 15.7. The maximum absolute atomic E-state index is 13.4. The van der Waals surface area contributed by atoms with Crippen LogP contribution in [0.4, 0.5) is 13.2 Å². The molecule has 4 aromatic rings. The van der Waals surface area contributed by atoms with E-state index in [1.807, 2.05) is 24.3 Å². The molecule has 5 nitrogen and oxygen atoms in total. The molecule has 1 unspecified atom stereocenters. The Labute approximate surface area is 191 Å². The Balaban J connectivity index is 1.75. The molecule has 2 N–H and O–H groups in total. The fourth-order valence-electron chi connectivity index (χ4n) is 3.53. The molecule has 0 amide bonds. The van der Waals surface area contributed by atoms with Gasteiger partial charge in [-0.25, -0.2) is 4.79 Å². The number of nitrogens with one attached hydrogen (secondary N) is 1. The number of fused-ring (bicyclic) bond motifs is 1. The molecule has 0 spiro atoms. The molecule has 1 aromatic heterocycles. The minimum atomic E-state index is -4.45. The molecular formula is C24H19F3N2O3S. The van der Waals surface area contributed by atoms with E-state index in [-0.39, 0.29) is 0 Å². The van der Waals surface area contributed by atoms with Gasteiger partial charge in [-0.3, -0.25) is 5.10 Å². The van der Waals surface area contributed by atoms with Crippen LogP contribution >= 0.6 is 11.8 Å². The zero-order valence-corrected chi connectivity index (χ0v) is 18.2. The number of halogens is 3. The molecule has 0 saturated carbocycles. The van der Waals surface area contributed by atoms with E-state index in [1.54, 1.807) is 31.3 Å². The number of ether oxygens (including phenoxy) is 1. The first kappa shape index (κ1) is 22.7. The number of hydrogen-bond donors (Lipinski definition) is 2. The quantitative estimate of drug-likeness (QED) is 0.312. The number of rotatable bonds is 7. The van der Waals surface area contributed by atoms with E-state index >= 15 is 0 Å². The van der Waals surface area contributed by atoms with Crippen LogP contribution in [-0.2, 0) is 11.0 Å². The average Bonchev–Trinajstić information content (AvgIpc) is 3.25. The highest BCUT2D eigenvalue weighted by molar-refractivity contribution is 7.99. The SMILES string of the molecule is Cc1cc(SC(c2cccc(C(F)(F)F)c2)c2cccc3cn[nH]c23)ccc1OCC(=O)O. The fraction of sp³-hybridized carbons (Fsp3) is 0.167. The van der Waals surface area contributed by atoms with Gasteiger partial charge in [0, 0.05) is 10.3 Å². The molecule has 0 aliphatic heterocycles. The van der Waals surface area contributed by atoms with Crippen molar-refractivity contribution in [2.45, 2.75) is 23.2 Å². The van der Waals surface area contributed by atoms with Gasteiger partial charge in [-0.2, -0.15) is 18.3 Å². The summed E-state index contributed by atoms with van der Waals surface area (Å²) in [5.41, 5.74) is 2.07. The van der Waals surface area contributed by atoms with Crippen LogP contribution in [0.2, 0.25) is 0 Å². The number of hydrogen-bond acceptors (Lipinski definition) is 4. The van der Waals surface area contributed by atoms with Gasteiger partial charge in [-0.05, 0) is 47.9 Å². The number of thioether (sulfide) groups is 1. The average molecular weight is 472 g/mol. The number of H-pyrrole nitrogens is 1. The van der Waals surface area contributed by atoms with Crippen molar-refractivity contribution < 1.29 is 27.8 Å². The minimum absolute atomic E-state index is 0.438. The maximum Gasteiger partial charge on any atom is 0.416 e. The van der Waals surface area contributed by atoms with Crippen molar-refractivity contribution in [2.75, 3.05) is 6.61 Å². The molecule has 0 aliphatic carbocycles. The number of carboxylic acids is 1. The van der Waals surface area contributed by atoms with E-state index in [9.17, 15) is 18.0 Å². The molecule has 1 heterocycles. The van der Waals surface area contributed by atoms with Crippen molar-refractivity contribution in [2.24, 2.45) is 0 Å². The van der Waals surface area contributed by atoms with Crippen molar-refractivity contribution >= 4 is 28.6 Å². The third-order valence-electron chi connectivity index (χ3n) is 5.06. The summed E-state index contributed by atoms with van der Waals surface area (Å²) in [6.45, 7) is 1.33. The van der Waals surface area contributed by atoms with Gasteiger partial charge in [-0.15, -0.1) is 11.8 Å². The van der Waals surface area contributed by atoms with Crippen LogP contribution in [0.1, 0.15) is 27.5 Å². The van der Waals surface area contributed by atoms with Gasteiger partial charge in [-0.1, -0.05) is 36.4 Å². The van der Waals surface area contributed by atoms with Crippen molar-refractivity contribution in [1.29, 1.82) is 0 Å². The second kappa shape index (κ2) is 9.19. The summed E-state index contributed by atoms with van der Waals surface area (Å²) in [6, 6.07) is 16.2. The molecule has 9 heteroatoms. The zero-order valence-electron chi connectivity index (χ0n) is 17.4. The molecule has 0 bridgehead atoms. The number of carboxylic acid groups (broad SMARTS) is 1. The summed E-state index contributed by atoms with van der Waals surface area (Å²) < 4.78 is 45.5. The predicted molar refractivity (Wildman–Crippen MR) is 120 cm³/mol. The third kappa shape index (κ3) is 5.14. The van der Waals surface area contributed by atoms with Crippen LogP contribution in [0.25, 0.3) is 10.9 Å². The first-order valence-corrected chi connectivity index (χ1v) is 10.8. The molecular weight excluding hydrogens is 453 g/mol. The summed E-state index contributed by atoms with van der Waals surface area (Å²) in [5, 5.41) is 16.3. The standard InChI is InChI=1S/C24H19F3N2O3S/c1-14-10-18(8-9-20(14)32-13-21(30)31)33-23(15-4-2-6-17(11-15)24(25,26)27)19-7-3-5-16-12-28-29-22(16)19/h2-12,23H,13H2,1H3,(H,28,29)(H,30,31). The number of para-hydroxylation sites is 1. The normalized spacial score (nSPS) is 12.6. The van der Waals surface area contributed by atoms with Gasteiger partial charge in [0.1, 0.15) is 5.75 Å². The van der Waals surface area contributed by atoms with Gasteiger partial charge < -0.3 is 9.84 Å². The lowest BCUT2D eigenvalue weighted by atomic mass is 10.0. The molecule has 0 fully saturated rings. The summed E-state index contributed by atoms with van der Waals surface area (Å²) in [5.74, 6) is -0.641. The molecule has 0 aliphatic rings. The highest BCUT2D eigenvalue weighted by atomic mass is 32.2. The molecule has 3 aromatic carbocycles. The monoisotopic (exact) mass is 472 g/mol. The number of aryl methyl sites for hydroxylation is 1.